The standard InChI is InChI=1S/C28H39FN4O4S/c1-6-25(28(35)30-24-9-7-8-10-24)32(18-22-13-15-23(29)16-14-22)27(34)19-33(38(36,37)31(4)5)26-17-20(2)11-12-21(26)3/h11-17,24-25H,6-10,18-19H2,1-5H3,(H,30,35). The lowest BCUT2D eigenvalue weighted by Gasteiger charge is -2.34. The van der Waals surface area contributed by atoms with Crippen molar-refractivity contribution in [1.82, 2.24) is 14.5 Å². The van der Waals surface area contributed by atoms with Crippen LogP contribution in [0.1, 0.15) is 55.7 Å². The molecule has 1 fully saturated rings. The van der Waals surface area contributed by atoms with Crippen LogP contribution in [0.5, 0.6) is 0 Å². The molecule has 2 aromatic carbocycles. The highest BCUT2D eigenvalue weighted by Crippen LogP contribution is 2.26. The summed E-state index contributed by atoms with van der Waals surface area (Å²) in [5.74, 6) is -1.19. The van der Waals surface area contributed by atoms with Crippen molar-refractivity contribution in [2.75, 3.05) is 24.9 Å². The molecule has 0 spiro atoms. The van der Waals surface area contributed by atoms with E-state index in [9.17, 15) is 22.4 Å². The van der Waals surface area contributed by atoms with Gasteiger partial charge in [-0.3, -0.25) is 9.59 Å². The number of aryl methyl sites for hydroxylation is 2. The van der Waals surface area contributed by atoms with E-state index in [0.29, 0.717) is 23.2 Å². The quantitative estimate of drug-likeness (QED) is 0.463. The summed E-state index contributed by atoms with van der Waals surface area (Å²) >= 11 is 0. The van der Waals surface area contributed by atoms with Gasteiger partial charge < -0.3 is 10.2 Å². The molecule has 1 saturated carbocycles. The van der Waals surface area contributed by atoms with E-state index in [1.54, 1.807) is 25.1 Å². The third-order valence-electron chi connectivity index (χ3n) is 7.01. The molecule has 8 nitrogen and oxygen atoms in total. The van der Waals surface area contributed by atoms with E-state index in [1.807, 2.05) is 26.0 Å². The maximum atomic E-state index is 14.0. The molecule has 2 amide bonds. The van der Waals surface area contributed by atoms with Crippen LogP contribution in [0.2, 0.25) is 0 Å². The lowest BCUT2D eigenvalue weighted by atomic mass is 10.1. The van der Waals surface area contributed by atoms with Crippen LogP contribution >= 0.6 is 0 Å². The van der Waals surface area contributed by atoms with E-state index >= 15 is 0 Å². The van der Waals surface area contributed by atoms with Gasteiger partial charge in [0.25, 0.3) is 0 Å². The first-order valence-electron chi connectivity index (χ1n) is 13.1. The maximum absolute atomic E-state index is 14.0. The van der Waals surface area contributed by atoms with Crippen LogP contribution in [-0.2, 0) is 26.3 Å². The van der Waals surface area contributed by atoms with Gasteiger partial charge in [0.05, 0.1) is 5.69 Å². The first kappa shape index (κ1) is 29.6. The third-order valence-corrected chi connectivity index (χ3v) is 8.81. The van der Waals surface area contributed by atoms with Gasteiger partial charge in [0.15, 0.2) is 0 Å². The summed E-state index contributed by atoms with van der Waals surface area (Å²) in [7, 11) is -1.21. The van der Waals surface area contributed by atoms with Gasteiger partial charge in [-0.2, -0.15) is 12.7 Å². The summed E-state index contributed by atoms with van der Waals surface area (Å²) in [5, 5.41) is 3.08. The smallest absolute Gasteiger partial charge is 0.304 e. The van der Waals surface area contributed by atoms with Gasteiger partial charge in [-0.15, -0.1) is 0 Å². The second-order valence-electron chi connectivity index (χ2n) is 10.1. The first-order valence-corrected chi connectivity index (χ1v) is 14.5. The minimum Gasteiger partial charge on any atom is -0.352 e. The van der Waals surface area contributed by atoms with Crippen molar-refractivity contribution in [1.29, 1.82) is 0 Å². The molecular formula is C28H39FN4O4S. The Hall–Kier alpha value is -2.98. The van der Waals surface area contributed by atoms with Crippen molar-refractivity contribution in [3.8, 4) is 0 Å². The average Bonchev–Trinajstić information content (AvgIpc) is 3.38. The molecule has 1 N–H and O–H groups in total. The molecule has 1 aliphatic carbocycles. The molecule has 38 heavy (non-hydrogen) atoms. The molecule has 1 aliphatic rings. The van der Waals surface area contributed by atoms with Crippen LogP contribution in [0.25, 0.3) is 0 Å². The first-order chi connectivity index (χ1) is 17.9. The van der Waals surface area contributed by atoms with Gasteiger partial charge in [-0.25, -0.2) is 8.70 Å². The number of carbonyl (C=O) groups is 2. The second-order valence-corrected chi connectivity index (χ2v) is 12.2. The summed E-state index contributed by atoms with van der Waals surface area (Å²) < 4.78 is 42.6. The highest BCUT2D eigenvalue weighted by Gasteiger charge is 2.35. The van der Waals surface area contributed by atoms with Gasteiger partial charge >= 0.3 is 10.2 Å². The number of halogens is 1. The predicted molar refractivity (Wildman–Crippen MR) is 147 cm³/mol. The zero-order chi connectivity index (χ0) is 28.0. The maximum Gasteiger partial charge on any atom is 0.304 e. The molecule has 10 heteroatoms. The molecule has 208 valence electrons. The monoisotopic (exact) mass is 546 g/mol. The van der Waals surface area contributed by atoms with Crippen LogP contribution in [-0.4, -0.2) is 62.2 Å². The summed E-state index contributed by atoms with van der Waals surface area (Å²) in [6.07, 6.45) is 4.24. The van der Waals surface area contributed by atoms with Crippen molar-refractivity contribution in [2.45, 2.75) is 71.5 Å². The normalized spacial score (nSPS) is 14.9. The number of nitrogens with zero attached hydrogens (tertiary/aromatic N) is 3. The Balaban J connectivity index is 1.99. The highest BCUT2D eigenvalue weighted by atomic mass is 32.2. The molecule has 0 radical (unpaired) electrons. The van der Waals surface area contributed by atoms with Gasteiger partial charge in [0.2, 0.25) is 11.8 Å². The SMILES string of the molecule is CCC(C(=O)NC1CCCC1)N(Cc1ccc(F)cc1)C(=O)CN(c1cc(C)ccc1C)S(=O)(=O)N(C)C. The summed E-state index contributed by atoms with van der Waals surface area (Å²) in [5.41, 5.74) is 2.59. The van der Waals surface area contributed by atoms with Crippen molar-refractivity contribution in [3.05, 3.63) is 65.0 Å². The van der Waals surface area contributed by atoms with Gasteiger partial charge in [0.1, 0.15) is 18.4 Å². The van der Waals surface area contributed by atoms with Crippen LogP contribution in [0.4, 0.5) is 10.1 Å². The topological polar surface area (TPSA) is 90.0 Å². The average molecular weight is 547 g/mol. The molecule has 1 unspecified atom stereocenters. The van der Waals surface area contributed by atoms with Crippen LogP contribution in [0.3, 0.4) is 0 Å². The van der Waals surface area contributed by atoms with E-state index in [2.05, 4.69) is 5.32 Å². The molecule has 0 aliphatic heterocycles. The third kappa shape index (κ3) is 7.11. The fourth-order valence-electron chi connectivity index (χ4n) is 4.76. The Morgan fingerprint density at radius 2 is 1.68 bits per heavy atom. The van der Waals surface area contributed by atoms with Crippen molar-refractivity contribution in [2.24, 2.45) is 0 Å². The number of carbonyl (C=O) groups excluding carboxylic acids is 2. The summed E-state index contributed by atoms with van der Waals surface area (Å²) in [6.45, 7) is 5.02. The zero-order valence-corrected chi connectivity index (χ0v) is 23.7. The molecule has 1 atom stereocenters. The van der Waals surface area contributed by atoms with E-state index < -0.39 is 34.5 Å². The number of anilines is 1. The van der Waals surface area contributed by atoms with E-state index in [0.717, 1.165) is 39.9 Å². The Kier molecular flexibility index (Phi) is 9.89. The van der Waals surface area contributed by atoms with Gasteiger partial charge in [-0.1, -0.05) is 44.0 Å². The van der Waals surface area contributed by atoms with Gasteiger partial charge in [-0.05, 0) is 68.0 Å². The number of nitrogens with one attached hydrogen (secondary N) is 1. The van der Waals surface area contributed by atoms with Crippen LogP contribution in [0.15, 0.2) is 42.5 Å². The number of rotatable bonds is 11. The molecule has 3 rings (SSSR count). The van der Waals surface area contributed by atoms with Crippen LogP contribution in [0, 0.1) is 19.7 Å². The number of hydrogen-bond donors (Lipinski definition) is 1. The molecular weight excluding hydrogens is 507 g/mol. The number of hydrogen-bond acceptors (Lipinski definition) is 4. The molecule has 0 saturated heterocycles. The highest BCUT2D eigenvalue weighted by molar-refractivity contribution is 7.90. The molecule has 0 aromatic heterocycles. The number of amides is 2. The molecule has 2 aromatic rings. The number of benzene rings is 2. The summed E-state index contributed by atoms with van der Waals surface area (Å²) in [4.78, 5) is 28.7. The minimum atomic E-state index is -4.04. The summed E-state index contributed by atoms with van der Waals surface area (Å²) in [6, 6.07) is 10.4. The lowest BCUT2D eigenvalue weighted by molar-refractivity contribution is -0.140. The molecule has 0 bridgehead atoms. The fraction of sp³-hybridized carbons (Fsp3) is 0.500. The Morgan fingerprint density at radius 3 is 2.26 bits per heavy atom. The van der Waals surface area contributed by atoms with Crippen molar-refractivity contribution >= 4 is 27.7 Å². The second kappa shape index (κ2) is 12.7. The minimum absolute atomic E-state index is 0.0400. The largest absolute Gasteiger partial charge is 0.352 e. The van der Waals surface area contributed by atoms with Crippen LogP contribution < -0.4 is 9.62 Å². The van der Waals surface area contributed by atoms with E-state index in [1.165, 1.54) is 31.1 Å². The predicted octanol–water partition coefficient (Wildman–Crippen LogP) is 3.92. The van der Waals surface area contributed by atoms with Crippen molar-refractivity contribution in [3.63, 3.8) is 0 Å². The Morgan fingerprint density at radius 1 is 1.05 bits per heavy atom. The lowest BCUT2D eigenvalue weighted by Crippen LogP contribution is -2.54. The van der Waals surface area contributed by atoms with Gasteiger partial charge in [0, 0.05) is 26.7 Å². The van der Waals surface area contributed by atoms with Crippen molar-refractivity contribution < 1.29 is 22.4 Å². The zero-order valence-electron chi connectivity index (χ0n) is 22.9. The fourth-order valence-corrected chi connectivity index (χ4v) is 5.88. The van der Waals surface area contributed by atoms with E-state index in [4.69, 9.17) is 0 Å². The Bertz CT molecular complexity index is 1230. The molecule has 0 heterocycles. The van der Waals surface area contributed by atoms with E-state index in [-0.39, 0.29) is 18.5 Å². The Labute approximate surface area is 226 Å².